The summed E-state index contributed by atoms with van der Waals surface area (Å²) in [5, 5.41) is 20.0. The average molecular weight is 196 g/mol. The van der Waals surface area contributed by atoms with Crippen LogP contribution in [0.25, 0.3) is 0 Å². The molecule has 14 heavy (non-hydrogen) atoms. The summed E-state index contributed by atoms with van der Waals surface area (Å²) in [6.07, 6.45) is 5.82. The largest absolute Gasteiger partial charge is 0.370 e. The minimum absolute atomic E-state index is 0.0379. The Morgan fingerprint density at radius 1 is 1.64 bits per heavy atom. The fourth-order valence-corrected chi connectivity index (χ4v) is 1.45. The smallest absolute Gasteiger partial charge is 0.285 e. The Morgan fingerprint density at radius 2 is 2.36 bits per heavy atom. The number of rotatable bonds is 3. The standard InChI is InChI=1S/C9H12N2O3/c12-9-4-3-8(11(13)14)6-10(9)5-7-1-2-7/h3-4,6-7,9,12H,1-2,5H2. The molecule has 76 valence electrons. The van der Waals surface area contributed by atoms with Crippen LogP contribution in [0.5, 0.6) is 0 Å². The van der Waals surface area contributed by atoms with Crippen LogP contribution in [0.15, 0.2) is 24.0 Å². The minimum atomic E-state index is -0.709. The Labute approximate surface area is 81.5 Å². The number of hydrogen-bond donors (Lipinski definition) is 1. The molecule has 1 saturated carbocycles. The predicted octanol–water partition coefficient (Wildman–Crippen LogP) is 0.705. The lowest BCUT2D eigenvalue weighted by molar-refractivity contribution is -0.420. The highest BCUT2D eigenvalue weighted by Gasteiger charge is 2.28. The molecule has 1 unspecified atom stereocenters. The van der Waals surface area contributed by atoms with E-state index in [1.54, 1.807) is 4.90 Å². The summed E-state index contributed by atoms with van der Waals surface area (Å²) in [6.45, 7) is 0.711. The first-order chi connectivity index (χ1) is 6.66. The van der Waals surface area contributed by atoms with Crippen LogP contribution in [0.1, 0.15) is 12.8 Å². The molecule has 2 rings (SSSR count). The van der Waals surface area contributed by atoms with Gasteiger partial charge in [0.2, 0.25) is 0 Å². The number of nitro groups is 1. The zero-order valence-corrected chi connectivity index (χ0v) is 7.67. The molecule has 0 aromatic rings. The lowest BCUT2D eigenvalue weighted by Gasteiger charge is -2.25. The summed E-state index contributed by atoms with van der Waals surface area (Å²) in [5.41, 5.74) is 0.0379. The molecule has 5 nitrogen and oxygen atoms in total. The van der Waals surface area contributed by atoms with Crippen LogP contribution in [0.4, 0.5) is 0 Å². The molecule has 0 aromatic carbocycles. The first-order valence-corrected chi connectivity index (χ1v) is 4.65. The molecule has 1 atom stereocenters. The van der Waals surface area contributed by atoms with Gasteiger partial charge in [0.05, 0.1) is 11.1 Å². The van der Waals surface area contributed by atoms with Gasteiger partial charge >= 0.3 is 0 Å². The van der Waals surface area contributed by atoms with Gasteiger partial charge in [0.15, 0.2) is 0 Å². The fourth-order valence-electron chi connectivity index (χ4n) is 1.45. The van der Waals surface area contributed by atoms with Gasteiger partial charge in [-0.15, -0.1) is 0 Å². The van der Waals surface area contributed by atoms with Crippen molar-refractivity contribution in [2.45, 2.75) is 19.1 Å². The highest BCUT2D eigenvalue weighted by atomic mass is 16.6. The van der Waals surface area contributed by atoms with Gasteiger partial charge in [0.25, 0.3) is 5.70 Å². The maximum Gasteiger partial charge on any atom is 0.285 e. The molecule has 1 aliphatic carbocycles. The summed E-state index contributed by atoms with van der Waals surface area (Å²) in [4.78, 5) is 11.7. The second-order valence-electron chi connectivity index (χ2n) is 3.72. The first-order valence-electron chi connectivity index (χ1n) is 4.65. The molecule has 2 aliphatic rings. The molecule has 1 aliphatic heterocycles. The van der Waals surface area contributed by atoms with Crippen LogP contribution in [0, 0.1) is 16.0 Å². The number of aliphatic hydroxyl groups excluding tert-OH is 1. The second-order valence-corrected chi connectivity index (χ2v) is 3.72. The Hall–Kier alpha value is -1.36. The Balaban J connectivity index is 2.06. The molecule has 0 aromatic heterocycles. The van der Waals surface area contributed by atoms with Crippen LogP contribution < -0.4 is 0 Å². The molecule has 0 radical (unpaired) electrons. The molecule has 0 spiro atoms. The van der Waals surface area contributed by atoms with E-state index >= 15 is 0 Å². The number of allylic oxidation sites excluding steroid dienone is 1. The number of aliphatic hydroxyl groups is 1. The predicted molar refractivity (Wildman–Crippen MR) is 49.7 cm³/mol. The summed E-state index contributed by atoms with van der Waals surface area (Å²) in [5.74, 6) is 0.598. The van der Waals surface area contributed by atoms with Crippen LogP contribution in [0.2, 0.25) is 0 Å². The summed E-state index contributed by atoms with van der Waals surface area (Å²) in [6, 6.07) is 0. The molecule has 0 amide bonds. The third-order valence-corrected chi connectivity index (χ3v) is 2.45. The Morgan fingerprint density at radius 3 is 2.93 bits per heavy atom. The third-order valence-electron chi connectivity index (χ3n) is 2.45. The van der Waals surface area contributed by atoms with Crippen LogP contribution in [-0.4, -0.2) is 27.7 Å². The monoisotopic (exact) mass is 196 g/mol. The van der Waals surface area contributed by atoms with Gasteiger partial charge < -0.3 is 10.0 Å². The molecule has 1 N–H and O–H groups in total. The van der Waals surface area contributed by atoms with Gasteiger partial charge in [0, 0.05) is 12.6 Å². The SMILES string of the molecule is O=[N+]([O-])C1=CN(CC2CC2)C(O)C=C1. The quantitative estimate of drug-likeness (QED) is 0.533. The van der Waals surface area contributed by atoms with Crippen molar-refractivity contribution in [2.75, 3.05) is 6.54 Å². The zero-order chi connectivity index (χ0) is 10.1. The molecule has 1 fully saturated rings. The summed E-state index contributed by atoms with van der Waals surface area (Å²) < 4.78 is 0. The van der Waals surface area contributed by atoms with E-state index in [0.29, 0.717) is 12.5 Å². The topological polar surface area (TPSA) is 66.6 Å². The van der Waals surface area contributed by atoms with Crippen LogP contribution >= 0.6 is 0 Å². The van der Waals surface area contributed by atoms with Crippen molar-refractivity contribution in [3.05, 3.63) is 34.2 Å². The lowest BCUT2D eigenvalue weighted by Crippen LogP contribution is -2.33. The van der Waals surface area contributed by atoms with E-state index in [1.165, 1.54) is 18.4 Å². The third kappa shape index (κ3) is 1.93. The molecule has 0 saturated heterocycles. The zero-order valence-electron chi connectivity index (χ0n) is 7.67. The van der Waals surface area contributed by atoms with Crippen molar-refractivity contribution in [1.29, 1.82) is 0 Å². The molecule has 5 heteroatoms. The molecular formula is C9H12N2O3. The fraction of sp³-hybridized carbons (Fsp3) is 0.556. The molecule has 1 heterocycles. The highest BCUT2D eigenvalue weighted by Crippen LogP contribution is 2.31. The van der Waals surface area contributed by atoms with Gasteiger partial charge in [-0.3, -0.25) is 10.1 Å². The van der Waals surface area contributed by atoms with Crippen molar-refractivity contribution >= 4 is 0 Å². The van der Waals surface area contributed by atoms with E-state index in [-0.39, 0.29) is 5.70 Å². The van der Waals surface area contributed by atoms with Gasteiger partial charge in [0.1, 0.15) is 6.23 Å². The van der Waals surface area contributed by atoms with E-state index in [0.717, 1.165) is 12.8 Å². The normalized spacial score (nSPS) is 26.2. The van der Waals surface area contributed by atoms with Crippen molar-refractivity contribution < 1.29 is 10.0 Å². The van der Waals surface area contributed by atoms with Crippen LogP contribution in [0.3, 0.4) is 0 Å². The van der Waals surface area contributed by atoms with Gasteiger partial charge in [-0.05, 0) is 24.8 Å². The number of nitrogens with zero attached hydrogens (tertiary/aromatic N) is 2. The minimum Gasteiger partial charge on any atom is -0.370 e. The molecule has 0 bridgehead atoms. The second kappa shape index (κ2) is 3.42. The molecular weight excluding hydrogens is 184 g/mol. The van der Waals surface area contributed by atoms with Gasteiger partial charge in [-0.25, -0.2) is 0 Å². The number of hydrogen-bond acceptors (Lipinski definition) is 4. The van der Waals surface area contributed by atoms with Gasteiger partial charge in [-0.1, -0.05) is 0 Å². The maximum atomic E-state index is 10.5. The van der Waals surface area contributed by atoms with E-state index in [9.17, 15) is 15.2 Å². The van der Waals surface area contributed by atoms with Crippen molar-refractivity contribution in [3.63, 3.8) is 0 Å². The van der Waals surface area contributed by atoms with E-state index < -0.39 is 11.2 Å². The lowest BCUT2D eigenvalue weighted by atomic mass is 10.2. The van der Waals surface area contributed by atoms with Crippen molar-refractivity contribution in [3.8, 4) is 0 Å². The highest BCUT2D eigenvalue weighted by molar-refractivity contribution is 5.17. The van der Waals surface area contributed by atoms with Gasteiger partial charge in [-0.2, -0.15) is 0 Å². The average Bonchev–Trinajstić information content (AvgIpc) is 2.92. The Bertz CT molecular complexity index is 307. The summed E-state index contributed by atoms with van der Waals surface area (Å²) in [7, 11) is 0. The first kappa shape index (κ1) is 9.21. The maximum absolute atomic E-state index is 10.5. The van der Waals surface area contributed by atoms with E-state index in [2.05, 4.69) is 0 Å². The van der Waals surface area contributed by atoms with E-state index in [1.807, 2.05) is 0 Å². The Kier molecular flexibility index (Phi) is 2.25. The van der Waals surface area contributed by atoms with Crippen molar-refractivity contribution in [2.24, 2.45) is 5.92 Å². The van der Waals surface area contributed by atoms with Crippen LogP contribution in [-0.2, 0) is 0 Å². The summed E-state index contributed by atoms with van der Waals surface area (Å²) >= 11 is 0. The van der Waals surface area contributed by atoms with E-state index in [4.69, 9.17) is 0 Å². The van der Waals surface area contributed by atoms with Crippen molar-refractivity contribution in [1.82, 2.24) is 4.90 Å².